The number of rotatable bonds is 4. The molecule has 2 aromatic rings. The Labute approximate surface area is 105 Å². The Bertz CT molecular complexity index is 650. The number of nitrogens with zero attached hydrogens (tertiary/aromatic N) is 1. The largest absolute Gasteiger partial charge is 0.357 e. The molecule has 0 amide bonds. The minimum Gasteiger partial charge on any atom is -0.357 e. The molecular weight excluding hydrogens is 255 g/mol. The molecule has 0 spiro atoms. The summed E-state index contributed by atoms with van der Waals surface area (Å²) < 4.78 is 41.3. The maximum Gasteiger partial charge on any atom is 0.243 e. The molecule has 0 aliphatic heterocycles. The lowest BCUT2D eigenvalue weighted by Crippen LogP contribution is -2.24. The fourth-order valence-electron chi connectivity index (χ4n) is 1.58. The van der Waals surface area contributed by atoms with Gasteiger partial charge in [0, 0.05) is 26.0 Å². The maximum absolute atomic E-state index is 13.4. The van der Waals surface area contributed by atoms with Gasteiger partial charge in [-0.15, -0.1) is 0 Å². The normalized spacial score (nSPS) is 11.7. The molecule has 6 heteroatoms. The number of benzene rings is 1. The SMILES string of the molecule is Cn1ccc(CNS(=O)(=O)c2ccccc2F)c1. The molecule has 0 saturated carbocycles. The fraction of sp³-hybridized carbons (Fsp3) is 0.167. The van der Waals surface area contributed by atoms with Crippen LogP contribution in [0.25, 0.3) is 0 Å². The van der Waals surface area contributed by atoms with Crippen molar-refractivity contribution in [2.45, 2.75) is 11.4 Å². The smallest absolute Gasteiger partial charge is 0.243 e. The fourth-order valence-corrected chi connectivity index (χ4v) is 2.68. The highest BCUT2D eigenvalue weighted by Gasteiger charge is 2.17. The van der Waals surface area contributed by atoms with Crippen molar-refractivity contribution in [3.05, 3.63) is 54.1 Å². The minimum absolute atomic E-state index is 0.136. The highest BCUT2D eigenvalue weighted by atomic mass is 32.2. The lowest BCUT2D eigenvalue weighted by atomic mass is 10.3. The summed E-state index contributed by atoms with van der Waals surface area (Å²) in [7, 11) is -1.97. The Kier molecular flexibility index (Phi) is 3.49. The third-order valence-electron chi connectivity index (χ3n) is 2.49. The summed E-state index contributed by atoms with van der Waals surface area (Å²) in [6, 6.07) is 7.09. The number of aromatic nitrogens is 1. The van der Waals surface area contributed by atoms with E-state index in [-0.39, 0.29) is 11.4 Å². The summed E-state index contributed by atoms with van der Waals surface area (Å²) in [6.07, 6.45) is 3.61. The van der Waals surface area contributed by atoms with Gasteiger partial charge in [-0.1, -0.05) is 12.1 Å². The van der Waals surface area contributed by atoms with Crippen molar-refractivity contribution in [2.24, 2.45) is 7.05 Å². The molecule has 0 unspecified atom stereocenters. The Hall–Kier alpha value is -1.66. The Balaban J connectivity index is 2.16. The number of nitrogens with one attached hydrogen (secondary N) is 1. The van der Waals surface area contributed by atoms with Gasteiger partial charge in [0.2, 0.25) is 10.0 Å². The zero-order chi connectivity index (χ0) is 13.2. The molecule has 0 atom stereocenters. The van der Waals surface area contributed by atoms with Crippen molar-refractivity contribution in [2.75, 3.05) is 0 Å². The average molecular weight is 268 g/mol. The zero-order valence-electron chi connectivity index (χ0n) is 9.80. The van der Waals surface area contributed by atoms with E-state index in [0.29, 0.717) is 0 Å². The van der Waals surface area contributed by atoms with E-state index >= 15 is 0 Å². The highest BCUT2D eigenvalue weighted by molar-refractivity contribution is 7.89. The van der Waals surface area contributed by atoms with E-state index in [0.717, 1.165) is 11.6 Å². The molecule has 0 bridgehead atoms. The number of sulfonamides is 1. The van der Waals surface area contributed by atoms with Crippen LogP contribution in [0.1, 0.15) is 5.56 Å². The number of aryl methyl sites for hydroxylation is 1. The van der Waals surface area contributed by atoms with Gasteiger partial charge in [0.15, 0.2) is 0 Å². The van der Waals surface area contributed by atoms with E-state index in [4.69, 9.17) is 0 Å². The Morgan fingerprint density at radius 3 is 2.61 bits per heavy atom. The summed E-state index contributed by atoms with van der Waals surface area (Å²) in [5.74, 6) is -0.752. The van der Waals surface area contributed by atoms with Crippen molar-refractivity contribution in [1.82, 2.24) is 9.29 Å². The maximum atomic E-state index is 13.4. The number of hydrogen-bond acceptors (Lipinski definition) is 2. The minimum atomic E-state index is -3.81. The van der Waals surface area contributed by atoms with Crippen LogP contribution in [0.15, 0.2) is 47.6 Å². The molecule has 0 radical (unpaired) electrons. The molecule has 0 aliphatic rings. The summed E-state index contributed by atoms with van der Waals surface area (Å²) >= 11 is 0. The molecule has 1 aromatic carbocycles. The summed E-state index contributed by atoms with van der Waals surface area (Å²) in [5, 5.41) is 0. The molecule has 1 aromatic heterocycles. The molecule has 18 heavy (non-hydrogen) atoms. The summed E-state index contributed by atoms with van der Waals surface area (Å²) in [5.41, 5.74) is 0.817. The first kappa shape index (κ1) is 12.8. The van der Waals surface area contributed by atoms with Gasteiger partial charge in [-0.2, -0.15) is 0 Å². The van der Waals surface area contributed by atoms with E-state index in [1.54, 1.807) is 12.3 Å². The second kappa shape index (κ2) is 4.91. The molecule has 0 aliphatic carbocycles. The van der Waals surface area contributed by atoms with Crippen molar-refractivity contribution in [3.8, 4) is 0 Å². The number of hydrogen-bond donors (Lipinski definition) is 1. The second-order valence-corrected chi connectivity index (χ2v) is 5.68. The van der Waals surface area contributed by atoms with Gasteiger partial charge >= 0.3 is 0 Å². The van der Waals surface area contributed by atoms with Gasteiger partial charge in [0.1, 0.15) is 10.7 Å². The van der Waals surface area contributed by atoms with Gasteiger partial charge in [-0.25, -0.2) is 17.5 Å². The summed E-state index contributed by atoms with van der Waals surface area (Å²) in [4.78, 5) is -0.332. The molecule has 0 saturated heterocycles. The second-order valence-electron chi connectivity index (χ2n) is 3.94. The van der Waals surface area contributed by atoms with Crippen LogP contribution >= 0.6 is 0 Å². The molecule has 96 valence electrons. The van der Waals surface area contributed by atoms with Crippen LogP contribution in [-0.2, 0) is 23.6 Å². The van der Waals surface area contributed by atoms with Gasteiger partial charge in [0.25, 0.3) is 0 Å². The van der Waals surface area contributed by atoms with Crippen molar-refractivity contribution in [1.29, 1.82) is 0 Å². The van der Waals surface area contributed by atoms with E-state index in [9.17, 15) is 12.8 Å². The highest BCUT2D eigenvalue weighted by Crippen LogP contribution is 2.13. The van der Waals surface area contributed by atoms with Crippen molar-refractivity contribution >= 4 is 10.0 Å². The Morgan fingerprint density at radius 1 is 1.28 bits per heavy atom. The molecule has 4 nitrogen and oxygen atoms in total. The van der Waals surface area contributed by atoms with E-state index in [2.05, 4.69) is 4.72 Å². The molecule has 2 rings (SSSR count). The van der Waals surface area contributed by atoms with E-state index in [1.165, 1.54) is 18.2 Å². The van der Waals surface area contributed by atoms with Gasteiger partial charge in [0.05, 0.1) is 0 Å². The van der Waals surface area contributed by atoms with Crippen LogP contribution in [0.3, 0.4) is 0 Å². The predicted octanol–water partition coefficient (Wildman–Crippen LogP) is 1.64. The van der Waals surface area contributed by atoms with Gasteiger partial charge < -0.3 is 4.57 Å². The van der Waals surface area contributed by atoms with Crippen LogP contribution < -0.4 is 4.72 Å². The van der Waals surface area contributed by atoms with Crippen LogP contribution in [0.4, 0.5) is 4.39 Å². The first-order valence-electron chi connectivity index (χ1n) is 5.34. The van der Waals surface area contributed by atoms with Crippen LogP contribution in [0, 0.1) is 5.82 Å². The van der Waals surface area contributed by atoms with E-state index in [1.807, 2.05) is 17.8 Å². The first-order chi connectivity index (χ1) is 8.49. The lowest BCUT2D eigenvalue weighted by molar-refractivity contribution is 0.557. The standard InChI is InChI=1S/C12H13FN2O2S/c1-15-7-6-10(9-15)8-14-18(16,17)12-5-3-2-4-11(12)13/h2-7,9,14H,8H2,1H3. The quantitative estimate of drug-likeness (QED) is 0.916. The van der Waals surface area contributed by atoms with Crippen LogP contribution in [-0.4, -0.2) is 13.0 Å². The summed E-state index contributed by atoms with van der Waals surface area (Å²) in [6.45, 7) is 0.136. The molecule has 0 fully saturated rings. The van der Waals surface area contributed by atoms with Gasteiger partial charge in [-0.3, -0.25) is 0 Å². The molecule has 1 heterocycles. The Morgan fingerprint density at radius 2 is 2.00 bits per heavy atom. The lowest BCUT2D eigenvalue weighted by Gasteiger charge is -2.06. The third kappa shape index (κ3) is 2.77. The zero-order valence-corrected chi connectivity index (χ0v) is 10.6. The average Bonchev–Trinajstić information content (AvgIpc) is 2.73. The van der Waals surface area contributed by atoms with Crippen LogP contribution in [0.2, 0.25) is 0 Å². The first-order valence-corrected chi connectivity index (χ1v) is 6.82. The number of halogens is 1. The van der Waals surface area contributed by atoms with Crippen molar-refractivity contribution in [3.63, 3.8) is 0 Å². The molecular formula is C12H13FN2O2S. The third-order valence-corrected chi connectivity index (χ3v) is 3.92. The van der Waals surface area contributed by atoms with Crippen molar-refractivity contribution < 1.29 is 12.8 Å². The monoisotopic (exact) mass is 268 g/mol. The topological polar surface area (TPSA) is 51.1 Å². The van der Waals surface area contributed by atoms with Gasteiger partial charge in [-0.05, 0) is 23.8 Å². The van der Waals surface area contributed by atoms with Crippen LogP contribution in [0.5, 0.6) is 0 Å². The predicted molar refractivity (Wildman–Crippen MR) is 65.8 cm³/mol. The van der Waals surface area contributed by atoms with E-state index < -0.39 is 15.8 Å². The molecule has 1 N–H and O–H groups in total.